The first-order chi connectivity index (χ1) is 16.2. The van der Waals surface area contributed by atoms with Gasteiger partial charge in [0.05, 0.1) is 11.5 Å². The lowest BCUT2D eigenvalue weighted by Crippen LogP contribution is -2.44. The minimum absolute atomic E-state index is 0.114. The average Bonchev–Trinajstić information content (AvgIpc) is 3.22. The summed E-state index contributed by atoms with van der Waals surface area (Å²) < 4.78 is 1.96. The van der Waals surface area contributed by atoms with Gasteiger partial charge in [-0.2, -0.15) is 0 Å². The molecule has 0 fully saturated rings. The van der Waals surface area contributed by atoms with Crippen LogP contribution >= 0.6 is 0 Å². The molecule has 0 aliphatic rings. The monoisotopic (exact) mass is 462 g/mol. The average molecular weight is 463 g/mol. The van der Waals surface area contributed by atoms with Crippen molar-refractivity contribution in [3.63, 3.8) is 0 Å². The SMILES string of the molecule is CC(C)CN(CC(=O)N(Cc1ccccc1)Cc1cccn1C)C(=O)c1cccc([N+](=O)[O-])c1. The van der Waals surface area contributed by atoms with Crippen LogP contribution in [0.15, 0.2) is 72.9 Å². The van der Waals surface area contributed by atoms with Gasteiger partial charge in [-0.1, -0.05) is 50.2 Å². The zero-order chi connectivity index (χ0) is 24.7. The number of hydrogen-bond acceptors (Lipinski definition) is 4. The van der Waals surface area contributed by atoms with E-state index in [1.807, 2.05) is 74.1 Å². The van der Waals surface area contributed by atoms with Crippen molar-refractivity contribution in [3.05, 3.63) is 99.9 Å². The fourth-order valence-electron chi connectivity index (χ4n) is 3.75. The largest absolute Gasteiger partial charge is 0.353 e. The summed E-state index contributed by atoms with van der Waals surface area (Å²) in [6.07, 6.45) is 1.93. The number of aryl methyl sites for hydroxylation is 1. The van der Waals surface area contributed by atoms with Crippen molar-refractivity contribution in [3.8, 4) is 0 Å². The van der Waals surface area contributed by atoms with Crippen LogP contribution in [0.4, 0.5) is 5.69 Å². The van der Waals surface area contributed by atoms with Gasteiger partial charge in [0.2, 0.25) is 5.91 Å². The Morgan fingerprint density at radius 1 is 0.971 bits per heavy atom. The molecule has 178 valence electrons. The molecule has 1 heterocycles. The van der Waals surface area contributed by atoms with Crippen LogP contribution in [-0.4, -0.2) is 44.2 Å². The third-order valence-corrected chi connectivity index (χ3v) is 5.48. The van der Waals surface area contributed by atoms with Crippen molar-refractivity contribution < 1.29 is 14.5 Å². The topological polar surface area (TPSA) is 88.7 Å². The molecule has 2 aromatic carbocycles. The molecule has 1 aromatic heterocycles. The van der Waals surface area contributed by atoms with E-state index in [2.05, 4.69) is 0 Å². The van der Waals surface area contributed by atoms with E-state index in [4.69, 9.17) is 0 Å². The van der Waals surface area contributed by atoms with E-state index in [0.717, 1.165) is 11.3 Å². The first-order valence-electron chi connectivity index (χ1n) is 11.2. The lowest BCUT2D eigenvalue weighted by molar-refractivity contribution is -0.384. The summed E-state index contributed by atoms with van der Waals surface area (Å²) in [6.45, 7) is 4.98. The molecule has 3 rings (SSSR count). The standard InChI is InChI=1S/C26H30N4O4/c1-20(2)16-29(26(32)22-11-7-12-23(15-22)30(33)34)19-25(31)28(17-21-9-5-4-6-10-21)18-24-13-8-14-27(24)3/h4-15,20H,16-19H2,1-3H3. The predicted octanol–water partition coefficient (Wildman–Crippen LogP) is 4.26. The molecule has 0 aliphatic heterocycles. The molecular formula is C26H30N4O4. The van der Waals surface area contributed by atoms with Crippen LogP contribution in [0.1, 0.15) is 35.5 Å². The molecular weight excluding hydrogens is 432 g/mol. The summed E-state index contributed by atoms with van der Waals surface area (Å²) in [4.78, 5) is 40.6. The Morgan fingerprint density at radius 3 is 2.32 bits per heavy atom. The summed E-state index contributed by atoms with van der Waals surface area (Å²) in [6, 6.07) is 19.2. The van der Waals surface area contributed by atoms with Crippen LogP contribution in [0.5, 0.6) is 0 Å². The number of nitro benzene ring substituents is 1. The molecule has 0 radical (unpaired) electrons. The van der Waals surface area contributed by atoms with E-state index in [1.165, 1.54) is 23.1 Å². The summed E-state index contributed by atoms with van der Waals surface area (Å²) in [5.74, 6) is -0.473. The maximum absolute atomic E-state index is 13.5. The molecule has 2 amide bonds. The fourth-order valence-corrected chi connectivity index (χ4v) is 3.75. The first-order valence-corrected chi connectivity index (χ1v) is 11.2. The molecule has 0 bridgehead atoms. The number of nitrogens with zero attached hydrogens (tertiary/aromatic N) is 4. The molecule has 8 nitrogen and oxygen atoms in total. The third-order valence-electron chi connectivity index (χ3n) is 5.48. The number of amides is 2. The van der Waals surface area contributed by atoms with Crippen LogP contribution in [-0.2, 0) is 24.9 Å². The molecule has 0 unspecified atom stereocenters. The van der Waals surface area contributed by atoms with Crippen LogP contribution < -0.4 is 0 Å². The molecule has 34 heavy (non-hydrogen) atoms. The number of benzene rings is 2. The van der Waals surface area contributed by atoms with Crippen molar-refractivity contribution in [2.45, 2.75) is 26.9 Å². The number of carbonyl (C=O) groups excluding carboxylic acids is 2. The summed E-state index contributed by atoms with van der Waals surface area (Å²) in [7, 11) is 1.93. The Balaban J connectivity index is 1.85. The van der Waals surface area contributed by atoms with Crippen molar-refractivity contribution in [2.75, 3.05) is 13.1 Å². The van der Waals surface area contributed by atoms with Gasteiger partial charge in [0.15, 0.2) is 0 Å². The van der Waals surface area contributed by atoms with Crippen LogP contribution in [0, 0.1) is 16.0 Å². The molecule has 0 saturated heterocycles. The Kier molecular flexibility index (Phi) is 8.19. The van der Waals surface area contributed by atoms with E-state index >= 15 is 0 Å². The molecule has 8 heteroatoms. The van der Waals surface area contributed by atoms with E-state index in [0.29, 0.717) is 19.6 Å². The van der Waals surface area contributed by atoms with Gasteiger partial charge in [-0.05, 0) is 29.7 Å². The molecule has 0 N–H and O–H groups in total. The normalized spacial score (nSPS) is 10.8. The lowest BCUT2D eigenvalue weighted by Gasteiger charge is -2.29. The minimum Gasteiger partial charge on any atom is -0.353 e. The number of nitro groups is 1. The van der Waals surface area contributed by atoms with Crippen LogP contribution in [0.3, 0.4) is 0 Å². The maximum Gasteiger partial charge on any atom is 0.270 e. The third kappa shape index (κ3) is 6.54. The van der Waals surface area contributed by atoms with E-state index in [1.54, 1.807) is 11.0 Å². The van der Waals surface area contributed by atoms with Crippen molar-refractivity contribution in [2.24, 2.45) is 13.0 Å². The van der Waals surface area contributed by atoms with Gasteiger partial charge < -0.3 is 14.4 Å². The number of hydrogen-bond donors (Lipinski definition) is 0. The molecule has 0 saturated carbocycles. The molecule has 0 atom stereocenters. The highest BCUT2D eigenvalue weighted by Crippen LogP contribution is 2.17. The maximum atomic E-state index is 13.5. The lowest BCUT2D eigenvalue weighted by atomic mass is 10.1. The van der Waals surface area contributed by atoms with E-state index in [-0.39, 0.29) is 29.6 Å². The smallest absolute Gasteiger partial charge is 0.270 e. The highest BCUT2D eigenvalue weighted by molar-refractivity contribution is 5.97. The second-order valence-electron chi connectivity index (χ2n) is 8.73. The van der Waals surface area contributed by atoms with Crippen molar-refractivity contribution >= 4 is 17.5 Å². The highest BCUT2D eigenvalue weighted by atomic mass is 16.6. The highest BCUT2D eigenvalue weighted by Gasteiger charge is 2.25. The van der Waals surface area contributed by atoms with Gasteiger partial charge >= 0.3 is 0 Å². The fraction of sp³-hybridized carbons (Fsp3) is 0.308. The van der Waals surface area contributed by atoms with Gasteiger partial charge in [0, 0.05) is 49.7 Å². The molecule has 3 aromatic rings. The van der Waals surface area contributed by atoms with E-state index in [9.17, 15) is 19.7 Å². The van der Waals surface area contributed by atoms with E-state index < -0.39 is 10.8 Å². The first kappa shape index (κ1) is 24.7. The quantitative estimate of drug-likeness (QED) is 0.333. The Bertz CT molecular complexity index is 1140. The number of non-ortho nitro benzene ring substituents is 1. The Hall–Kier alpha value is -3.94. The Labute approximate surface area is 199 Å². The van der Waals surface area contributed by atoms with Crippen LogP contribution in [0.25, 0.3) is 0 Å². The number of aromatic nitrogens is 1. The van der Waals surface area contributed by atoms with Crippen molar-refractivity contribution in [1.82, 2.24) is 14.4 Å². The summed E-state index contributed by atoms with van der Waals surface area (Å²) >= 11 is 0. The molecule has 0 aliphatic carbocycles. The number of carbonyl (C=O) groups is 2. The van der Waals surface area contributed by atoms with Gasteiger partial charge in [-0.3, -0.25) is 19.7 Å². The van der Waals surface area contributed by atoms with Crippen molar-refractivity contribution in [1.29, 1.82) is 0 Å². The second kappa shape index (κ2) is 11.3. The predicted molar refractivity (Wildman–Crippen MR) is 130 cm³/mol. The zero-order valence-electron chi connectivity index (χ0n) is 19.8. The summed E-state index contributed by atoms with van der Waals surface area (Å²) in [5.41, 5.74) is 2.01. The molecule has 0 spiro atoms. The summed E-state index contributed by atoms with van der Waals surface area (Å²) in [5, 5.41) is 11.2. The van der Waals surface area contributed by atoms with Gasteiger partial charge in [-0.15, -0.1) is 0 Å². The van der Waals surface area contributed by atoms with Gasteiger partial charge in [-0.25, -0.2) is 0 Å². The minimum atomic E-state index is -0.532. The van der Waals surface area contributed by atoms with Crippen LogP contribution in [0.2, 0.25) is 0 Å². The number of rotatable bonds is 10. The zero-order valence-corrected chi connectivity index (χ0v) is 19.8. The van der Waals surface area contributed by atoms with Gasteiger partial charge in [0.25, 0.3) is 11.6 Å². The second-order valence-corrected chi connectivity index (χ2v) is 8.73. The Morgan fingerprint density at radius 2 is 1.71 bits per heavy atom. The van der Waals surface area contributed by atoms with Gasteiger partial charge in [0.1, 0.15) is 6.54 Å².